The van der Waals surface area contributed by atoms with Crippen LogP contribution in [0.3, 0.4) is 0 Å². The first-order valence-electron chi connectivity index (χ1n) is 8.66. The second kappa shape index (κ2) is 7.92. The Labute approximate surface area is 160 Å². The molecule has 2 aromatic rings. The minimum Gasteiger partial charge on any atom is -0.497 e. The van der Waals surface area contributed by atoms with Crippen LogP contribution in [-0.2, 0) is 22.3 Å². The number of alkyl halides is 3. The quantitative estimate of drug-likeness (QED) is 0.849. The maximum absolute atomic E-state index is 12.9. The molecule has 3 rings (SSSR count). The molecule has 28 heavy (non-hydrogen) atoms. The van der Waals surface area contributed by atoms with Gasteiger partial charge in [-0.05, 0) is 35.9 Å². The molecule has 0 bridgehead atoms. The van der Waals surface area contributed by atoms with Gasteiger partial charge in [0.1, 0.15) is 5.75 Å². The predicted molar refractivity (Wildman–Crippen MR) is 96.7 cm³/mol. The first-order chi connectivity index (χ1) is 13.3. The highest BCUT2D eigenvalue weighted by atomic mass is 19.4. The minimum atomic E-state index is -4.49. The summed E-state index contributed by atoms with van der Waals surface area (Å²) in [6.45, 7) is 0.339. The van der Waals surface area contributed by atoms with E-state index >= 15 is 0 Å². The van der Waals surface area contributed by atoms with Crippen LogP contribution in [0.5, 0.6) is 5.75 Å². The number of nitrogens with zero attached hydrogens (tertiary/aromatic N) is 1. The van der Waals surface area contributed by atoms with Gasteiger partial charge in [0.25, 0.3) is 0 Å². The number of rotatable bonds is 5. The van der Waals surface area contributed by atoms with Crippen molar-refractivity contribution < 1.29 is 27.5 Å². The summed E-state index contributed by atoms with van der Waals surface area (Å²) < 4.78 is 43.7. The van der Waals surface area contributed by atoms with Gasteiger partial charge in [-0.25, -0.2) is 0 Å². The fraction of sp³-hybridized carbons (Fsp3) is 0.300. The first-order valence-corrected chi connectivity index (χ1v) is 8.66. The lowest BCUT2D eigenvalue weighted by atomic mass is 10.1. The summed E-state index contributed by atoms with van der Waals surface area (Å²) in [6.07, 6.45) is -4.53. The molecular formula is C20H19F3N2O3. The van der Waals surface area contributed by atoms with Gasteiger partial charge in [-0.2, -0.15) is 13.2 Å². The first kappa shape index (κ1) is 19.7. The Balaban J connectivity index is 1.62. The van der Waals surface area contributed by atoms with E-state index in [1.807, 2.05) is 12.1 Å². The fourth-order valence-corrected chi connectivity index (χ4v) is 3.06. The van der Waals surface area contributed by atoms with Crippen molar-refractivity contribution in [2.75, 3.05) is 18.6 Å². The zero-order valence-electron chi connectivity index (χ0n) is 15.1. The van der Waals surface area contributed by atoms with Crippen LogP contribution < -0.4 is 15.0 Å². The molecule has 1 aliphatic rings. The zero-order valence-corrected chi connectivity index (χ0v) is 15.1. The lowest BCUT2D eigenvalue weighted by molar-refractivity contribution is -0.137. The van der Waals surface area contributed by atoms with Crippen LogP contribution in [0.1, 0.15) is 17.5 Å². The van der Waals surface area contributed by atoms with Crippen LogP contribution in [0.4, 0.5) is 18.9 Å². The van der Waals surface area contributed by atoms with Gasteiger partial charge < -0.3 is 15.0 Å². The van der Waals surface area contributed by atoms with Crippen molar-refractivity contribution >= 4 is 17.5 Å². The highest BCUT2D eigenvalue weighted by molar-refractivity contribution is 6.00. The van der Waals surface area contributed by atoms with E-state index in [0.717, 1.165) is 17.7 Å². The number of carbonyl (C=O) groups is 2. The molecule has 148 valence electrons. The number of hydrogen-bond acceptors (Lipinski definition) is 3. The van der Waals surface area contributed by atoms with E-state index in [1.165, 1.54) is 17.0 Å². The fourth-order valence-electron chi connectivity index (χ4n) is 3.06. The largest absolute Gasteiger partial charge is 0.497 e. The third-order valence-corrected chi connectivity index (χ3v) is 4.61. The average Bonchev–Trinajstić information content (AvgIpc) is 3.08. The normalized spacial score (nSPS) is 16.9. The lowest BCUT2D eigenvalue weighted by Crippen LogP contribution is -2.32. The van der Waals surface area contributed by atoms with Crippen molar-refractivity contribution in [2.45, 2.75) is 19.1 Å². The SMILES string of the molecule is COc1ccc(CNC(=O)[C@@H]2CC(=O)N(c3cccc(C(F)(F)F)c3)C2)cc1. The van der Waals surface area contributed by atoms with E-state index < -0.39 is 17.7 Å². The van der Waals surface area contributed by atoms with Gasteiger partial charge in [0.15, 0.2) is 0 Å². The van der Waals surface area contributed by atoms with Crippen LogP contribution in [0.25, 0.3) is 0 Å². The number of carbonyl (C=O) groups excluding carboxylic acids is 2. The molecule has 8 heteroatoms. The standard InChI is InChI=1S/C20H19F3N2O3/c1-28-17-7-5-13(6-8-17)11-24-19(27)14-9-18(26)25(12-14)16-4-2-3-15(10-16)20(21,22)23/h2-8,10,14H,9,11-12H2,1H3,(H,24,27)/t14-/m1/s1. The molecule has 1 saturated heterocycles. The Morgan fingerprint density at radius 3 is 2.57 bits per heavy atom. The van der Waals surface area contributed by atoms with E-state index in [1.54, 1.807) is 19.2 Å². The van der Waals surface area contributed by atoms with Crippen LogP contribution in [0.15, 0.2) is 48.5 Å². The Morgan fingerprint density at radius 1 is 1.21 bits per heavy atom. The molecule has 0 spiro atoms. The number of halogens is 3. The number of anilines is 1. The Hall–Kier alpha value is -3.03. The molecule has 0 aliphatic carbocycles. The third-order valence-electron chi connectivity index (χ3n) is 4.61. The van der Waals surface area contributed by atoms with Crippen molar-refractivity contribution in [3.05, 3.63) is 59.7 Å². The van der Waals surface area contributed by atoms with Crippen LogP contribution in [0.2, 0.25) is 0 Å². The number of benzene rings is 2. The summed E-state index contributed by atoms with van der Waals surface area (Å²) in [5.41, 5.74) is 0.184. The van der Waals surface area contributed by atoms with E-state index in [-0.39, 0.29) is 37.0 Å². The summed E-state index contributed by atoms with van der Waals surface area (Å²) in [5, 5.41) is 2.77. The summed E-state index contributed by atoms with van der Waals surface area (Å²) in [5.74, 6) is -0.587. The molecule has 1 heterocycles. The lowest BCUT2D eigenvalue weighted by Gasteiger charge is -2.18. The van der Waals surface area contributed by atoms with Crippen LogP contribution in [-0.4, -0.2) is 25.5 Å². The molecule has 1 aliphatic heterocycles. The Bertz CT molecular complexity index is 866. The van der Waals surface area contributed by atoms with Crippen molar-refractivity contribution in [2.24, 2.45) is 5.92 Å². The summed E-state index contributed by atoms with van der Waals surface area (Å²) >= 11 is 0. The topological polar surface area (TPSA) is 58.6 Å². The average molecular weight is 392 g/mol. The van der Waals surface area contributed by atoms with Crippen molar-refractivity contribution in [3.8, 4) is 5.75 Å². The predicted octanol–water partition coefficient (Wildman–Crippen LogP) is 3.38. The number of ether oxygens (including phenoxy) is 1. The van der Waals surface area contributed by atoms with Gasteiger partial charge in [-0.1, -0.05) is 18.2 Å². The number of hydrogen-bond donors (Lipinski definition) is 1. The Kier molecular flexibility index (Phi) is 5.58. The van der Waals surface area contributed by atoms with E-state index in [9.17, 15) is 22.8 Å². The smallest absolute Gasteiger partial charge is 0.416 e. The van der Waals surface area contributed by atoms with Gasteiger partial charge in [-0.15, -0.1) is 0 Å². The molecule has 0 unspecified atom stereocenters. The second-order valence-corrected chi connectivity index (χ2v) is 6.52. The van der Waals surface area contributed by atoms with Crippen molar-refractivity contribution in [3.63, 3.8) is 0 Å². The van der Waals surface area contributed by atoms with Gasteiger partial charge in [0.2, 0.25) is 11.8 Å². The van der Waals surface area contributed by atoms with Crippen molar-refractivity contribution in [1.82, 2.24) is 5.32 Å². The molecule has 1 fully saturated rings. The second-order valence-electron chi connectivity index (χ2n) is 6.52. The minimum absolute atomic E-state index is 0.0370. The zero-order chi connectivity index (χ0) is 20.3. The Morgan fingerprint density at radius 2 is 1.93 bits per heavy atom. The molecule has 2 amide bonds. The highest BCUT2D eigenvalue weighted by Crippen LogP contribution is 2.33. The van der Waals surface area contributed by atoms with E-state index in [4.69, 9.17) is 4.74 Å². The van der Waals surface area contributed by atoms with Gasteiger partial charge >= 0.3 is 6.18 Å². The molecule has 2 aromatic carbocycles. The maximum atomic E-state index is 12.9. The van der Waals surface area contributed by atoms with E-state index in [2.05, 4.69) is 5.32 Å². The van der Waals surface area contributed by atoms with Crippen LogP contribution >= 0.6 is 0 Å². The number of amides is 2. The third kappa shape index (κ3) is 4.44. The summed E-state index contributed by atoms with van der Waals surface area (Å²) in [4.78, 5) is 25.9. The molecule has 0 aromatic heterocycles. The van der Waals surface area contributed by atoms with Crippen LogP contribution in [0, 0.1) is 5.92 Å². The van der Waals surface area contributed by atoms with Gasteiger partial charge in [0, 0.05) is 25.2 Å². The van der Waals surface area contributed by atoms with Gasteiger partial charge in [-0.3, -0.25) is 9.59 Å². The highest BCUT2D eigenvalue weighted by Gasteiger charge is 2.36. The maximum Gasteiger partial charge on any atom is 0.416 e. The molecule has 0 radical (unpaired) electrons. The summed E-state index contributed by atoms with van der Waals surface area (Å²) in [7, 11) is 1.56. The monoisotopic (exact) mass is 392 g/mol. The number of nitrogens with one attached hydrogen (secondary N) is 1. The van der Waals surface area contributed by atoms with Gasteiger partial charge in [0.05, 0.1) is 18.6 Å². The number of methoxy groups -OCH3 is 1. The molecular weight excluding hydrogens is 373 g/mol. The van der Waals surface area contributed by atoms with E-state index in [0.29, 0.717) is 5.75 Å². The molecule has 5 nitrogen and oxygen atoms in total. The summed E-state index contributed by atoms with van der Waals surface area (Å²) in [6, 6.07) is 11.7. The molecule has 0 saturated carbocycles. The molecule has 1 atom stereocenters. The van der Waals surface area contributed by atoms with Crippen molar-refractivity contribution in [1.29, 1.82) is 0 Å². The molecule has 1 N–H and O–H groups in total.